The van der Waals surface area contributed by atoms with Gasteiger partial charge in [-0.3, -0.25) is 14.4 Å². The number of carboxylic acids is 1. The molecule has 2 aliphatic rings. The van der Waals surface area contributed by atoms with Crippen molar-refractivity contribution in [1.82, 2.24) is 20.1 Å². The summed E-state index contributed by atoms with van der Waals surface area (Å²) < 4.78 is 0. The van der Waals surface area contributed by atoms with Crippen molar-refractivity contribution in [3.63, 3.8) is 0 Å². The molecule has 3 unspecified atom stereocenters. The van der Waals surface area contributed by atoms with Gasteiger partial charge in [-0.1, -0.05) is 18.2 Å². The SMILES string of the molecule is NCC(=O)N1CCCC1C(=O)NC(Cc1c[nH]c2ccccc12)C(=O)N1CCCC1C(=O)O. The van der Waals surface area contributed by atoms with Crippen molar-refractivity contribution in [1.29, 1.82) is 0 Å². The highest BCUT2D eigenvalue weighted by molar-refractivity contribution is 5.95. The molecule has 3 heterocycles. The van der Waals surface area contributed by atoms with Crippen LogP contribution in [0.4, 0.5) is 0 Å². The van der Waals surface area contributed by atoms with E-state index in [1.54, 1.807) is 6.20 Å². The number of carbonyl (C=O) groups excluding carboxylic acids is 3. The number of amides is 3. The van der Waals surface area contributed by atoms with Gasteiger partial charge >= 0.3 is 5.97 Å². The van der Waals surface area contributed by atoms with Crippen LogP contribution in [-0.2, 0) is 25.6 Å². The molecular formula is C23H29N5O5. The van der Waals surface area contributed by atoms with E-state index in [1.165, 1.54) is 9.80 Å². The molecule has 33 heavy (non-hydrogen) atoms. The van der Waals surface area contributed by atoms with Crippen LogP contribution in [0.5, 0.6) is 0 Å². The minimum Gasteiger partial charge on any atom is -0.480 e. The standard InChI is InChI=1S/C23H29N5O5/c24-12-20(29)27-9-3-7-18(27)21(30)26-17(22(31)28-10-4-8-19(28)23(32)33)11-14-13-25-16-6-2-1-5-15(14)16/h1-2,5-6,13,17-19,25H,3-4,7-12,24H2,(H,26,30)(H,32,33). The molecule has 1 aromatic heterocycles. The number of hydrogen-bond acceptors (Lipinski definition) is 5. The molecule has 0 saturated carbocycles. The quantitative estimate of drug-likeness (QED) is 0.469. The van der Waals surface area contributed by atoms with Crippen molar-refractivity contribution in [2.75, 3.05) is 19.6 Å². The molecule has 4 rings (SSSR count). The molecule has 5 N–H and O–H groups in total. The Morgan fingerprint density at radius 3 is 2.52 bits per heavy atom. The zero-order valence-corrected chi connectivity index (χ0v) is 18.3. The monoisotopic (exact) mass is 455 g/mol. The highest BCUT2D eigenvalue weighted by Crippen LogP contribution is 2.24. The number of carboxylic acid groups (broad SMARTS) is 1. The minimum absolute atomic E-state index is 0.185. The molecule has 2 fully saturated rings. The van der Waals surface area contributed by atoms with Gasteiger partial charge in [0.15, 0.2) is 0 Å². The highest BCUT2D eigenvalue weighted by Gasteiger charge is 2.40. The van der Waals surface area contributed by atoms with Crippen LogP contribution in [0.15, 0.2) is 30.5 Å². The lowest BCUT2D eigenvalue weighted by atomic mass is 10.0. The van der Waals surface area contributed by atoms with Crippen LogP contribution in [-0.4, -0.2) is 81.3 Å². The topological polar surface area (TPSA) is 149 Å². The van der Waals surface area contributed by atoms with E-state index < -0.39 is 35.9 Å². The highest BCUT2D eigenvalue weighted by atomic mass is 16.4. The number of rotatable bonds is 7. The summed E-state index contributed by atoms with van der Waals surface area (Å²) in [7, 11) is 0. The average molecular weight is 456 g/mol. The van der Waals surface area contributed by atoms with Gasteiger partial charge in [-0.05, 0) is 37.3 Å². The second kappa shape index (κ2) is 9.62. The minimum atomic E-state index is -1.05. The van der Waals surface area contributed by atoms with E-state index in [1.807, 2.05) is 24.3 Å². The normalized spacial score (nSPS) is 21.4. The Kier molecular flexibility index (Phi) is 6.64. The lowest BCUT2D eigenvalue weighted by Gasteiger charge is -2.29. The number of nitrogens with zero attached hydrogens (tertiary/aromatic N) is 2. The summed E-state index contributed by atoms with van der Waals surface area (Å²) in [4.78, 5) is 56.5. The van der Waals surface area contributed by atoms with E-state index in [0.717, 1.165) is 16.5 Å². The second-order valence-electron chi connectivity index (χ2n) is 8.60. The summed E-state index contributed by atoms with van der Waals surface area (Å²) >= 11 is 0. The number of para-hydroxylation sites is 1. The number of aromatic nitrogens is 1. The van der Waals surface area contributed by atoms with Gasteiger partial charge in [0.1, 0.15) is 18.1 Å². The predicted octanol–water partition coefficient (Wildman–Crippen LogP) is 0.221. The van der Waals surface area contributed by atoms with Gasteiger partial charge in [-0.15, -0.1) is 0 Å². The first-order chi connectivity index (χ1) is 15.9. The molecule has 1 aromatic carbocycles. The Balaban J connectivity index is 1.59. The maximum atomic E-state index is 13.5. The first-order valence-corrected chi connectivity index (χ1v) is 11.3. The van der Waals surface area contributed by atoms with Crippen molar-refractivity contribution in [3.8, 4) is 0 Å². The van der Waals surface area contributed by atoms with Crippen LogP contribution >= 0.6 is 0 Å². The van der Waals surface area contributed by atoms with Crippen LogP contribution < -0.4 is 11.1 Å². The third kappa shape index (κ3) is 4.56. The van der Waals surface area contributed by atoms with E-state index in [0.29, 0.717) is 38.8 Å². The third-order valence-electron chi connectivity index (χ3n) is 6.58. The number of benzene rings is 1. The molecule has 3 amide bonds. The Labute approximate surface area is 191 Å². The molecular weight excluding hydrogens is 426 g/mol. The summed E-state index contributed by atoms with van der Waals surface area (Å²) in [5.41, 5.74) is 7.24. The van der Waals surface area contributed by atoms with Crippen molar-refractivity contribution < 1.29 is 24.3 Å². The van der Waals surface area contributed by atoms with Gasteiger partial charge in [0.2, 0.25) is 17.7 Å². The van der Waals surface area contributed by atoms with Gasteiger partial charge < -0.3 is 30.9 Å². The summed E-state index contributed by atoms with van der Waals surface area (Å²) in [6, 6.07) is 5.10. The summed E-state index contributed by atoms with van der Waals surface area (Å²) in [6.45, 7) is 0.592. The zero-order chi connectivity index (χ0) is 23.5. The van der Waals surface area contributed by atoms with Crippen LogP contribution in [0, 0.1) is 0 Å². The summed E-state index contributed by atoms with van der Waals surface area (Å²) in [5.74, 6) is -2.20. The van der Waals surface area contributed by atoms with E-state index in [-0.39, 0.29) is 18.9 Å². The van der Waals surface area contributed by atoms with Crippen LogP contribution in [0.3, 0.4) is 0 Å². The van der Waals surface area contributed by atoms with E-state index >= 15 is 0 Å². The third-order valence-corrected chi connectivity index (χ3v) is 6.58. The Morgan fingerprint density at radius 1 is 1.09 bits per heavy atom. The number of hydrogen-bond donors (Lipinski definition) is 4. The van der Waals surface area contributed by atoms with Crippen molar-refractivity contribution >= 4 is 34.6 Å². The molecule has 2 aromatic rings. The number of likely N-dealkylation sites (tertiary alicyclic amines) is 2. The number of aliphatic carboxylic acids is 1. The van der Waals surface area contributed by atoms with Crippen LogP contribution in [0.2, 0.25) is 0 Å². The van der Waals surface area contributed by atoms with E-state index in [2.05, 4.69) is 10.3 Å². The Bertz CT molecular complexity index is 1070. The molecule has 2 aliphatic heterocycles. The van der Waals surface area contributed by atoms with Gasteiger partial charge in [-0.25, -0.2) is 4.79 Å². The molecule has 0 aliphatic carbocycles. The van der Waals surface area contributed by atoms with Gasteiger partial charge in [0.05, 0.1) is 6.54 Å². The Morgan fingerprint density at radius 2 is 1.79 bits per heavy atom. The number of carbonyl (C=O) groups is 4. The predicted molar refractivity (Wildman–Crippen MR) is 120 cm³/mol. The fourth-order valence-corrected chi connectivity index (χ4v) is 4.93. The maximum Gasteiger partial charge on any atom is 0.326 e. The molecule has 0 spiro atoms. The van der Waals surface area contributed by atoms with Crippen LogP contribution in [0.1, 0.15) is 31.2 Å². The molecule has 3 atom stereocenters. The molecule has 10 nitrogen and oxygen atoms in total. The second-order valence-corrected chi connectivity index (χ2v) is 8.60. The van der Waals surface area contributed by atoms with Gasteiger partial charge in [-0.2, -0.15) is 0 Å². The number of nitrogens with two attached hydrogens (primary N) is 1. The van der Waals surface area contributed by atoms with E-state index in [9.17, 15) is 24.3 Å². The van der Waals surface area contributed by atoms with E-state index in [4.69, 9.17) is 5.73 Å². The summed E-state index contributed by atoms with van der Waals surface area (Å²) in [6.07, 6.45) is 4.16. The van der Waals surface area contributed by atoms with Crippen LogP contribution in [0.25, 0.3) is 10.9 Å². The molecule has 2 saturated heterocycles. The fourth-order valence-electron chi connectivity index (χ4n) is 4.93. The Hall–Kier alpha value is -3.40. The van der Waals surface area contributed by atoms with Gasteiger partial charge in [0.25, 0.3) is 0 Å². The first-order valence-electron chi connectivity index (χ1n) is 11.3. The number of aromatic amines is 1. The van der Waals surface area contributed by atoms with Crippen molar-refractivity contribution in [2.45, 2.75) is 50.2 Å². The lowest BCUT2D eigenvalue weighted by molar-refractivity contribution is -0.149. The molecule has 176 valence electrons. The molecule has 10 heteroatoms. The maximum absolute atomic E-state index is 13.5. The summed E-state index contributed by atoms with van der Waals surface area (Å²) in [5, 5.41) is 13.3. The first kappa shape index (κ1) is 22.8. The van der Waals surface area contributed by atoms with Gasteiger partial charge in [0, 0.05) is 36.6 Å². The van der Waals surface area contributed by atoms with Crippen molar-refractivity contribution in [3.05, 3.63) is 36.0 Å². The van der Waals surface area contributed by atoms with Crippen molar-refractivity contribution in [2.24, 2.45) is 5.73 Å². The lowest BCUT2D eigenvalue weighted by Crippen LogP contribution is -2.56. The fraction of sp³-hybridized carbons (Fsp3) is 0.478. The molecule has 0 bridgehead atoms. The molecule has 0 radical (unpaired) electrons. The number of H-pyrrole nitrogens is 1. The average Bonchev–Trinajstić information content (AvgIpc) is 3.57. The largest absolute Gasteiger partial charge is 0.480 e. The number of nitrogens with one attached hydrogen (secondary N) is 2. The zero-order valence-electron chi connectivity index (χ0n) is 18.3. The number of fused-ring (bicyclic) bond motifs is 1. The smallest absolute Gasteiger partial charge is 0.326 e.